The molecular weight excluding hydrogens is 326 g/mol. The van der Waals surface area contributed by atoms with Gasteiger partial charge in [-0.2, -0.15) is 0 Å². The highest BCUT2D eigenvalue weighted by Gasteiger charge is 2.67. The fraction of sp³-hybridized carbons (Fsp3) is 0.667. The van der Waals surface area contributed by atoms with Crippen molar-refractivity contribution in [2.24, 2.45) is 16.7 Å². The maximum atomic E-state index is 5.87. The van der Waals surface area contributed by atoms with E-state index in [-0.39, 0.29) is 0 Å². The summed E-state index contributed by atoms with van der Waals surface area (Å²) in [6, 6.07) is 6.68. The van der Waals surface area contributed by atoms with Gasteiger partial charge in [-0.3, -0.25) is 0 Å². The lowest BCUT2D eigenvalue weighted by Crippen LogP contribution is -2.25. The monoisotopic (exact) mass is 353 g/mol. The largest absolute Gasteiger partial charge is 0.494 e. The molecule has 3 heteroatoms. The molecule has 0 saturated heterocycles. The summed E-state index contributed by atoms with van der Waals surface area (Å²) in [4.78, 5) is 0. The van der Waals surface area contributed by atoms with Gasteiger partial charge in [-0.05, 0) is 48.4 Å². The first kappa shape index (κ1) is 16.8. The van der Waals surface area contributed by atoms with Crippen LogP contribution in [0.5, 0.6) is 5.75 Å². The minimum absolute atomic E-state index is 0.332. The lowest BCUT2D eigenvalue weighted by atomic mass is 9.95. The Bertz CT molecular complexity index is 496. The van der Waals surface area contributed by atoms with Crippen molar-refractivity contribution < 1.29 is 4.74 Å². The molecule has 2 nitrogen and oxygen atoms in total. The number of rotatable bonds is 6. The van der Waals surface area contributed by atoms with Crippen LogP contribution in [-0.2, 0) is 0 Å². The third-order valence-electron chi connectivity index (χ3n) is 5.50. The van der Waals surface area contributed by atoms with Crippen LogP contribution in [0, 0.1) is 16.7 Å². The summed E-state index contributed by atoms with van der Waals surface area (Å²) in [5.41, 5.74) is 1.95. The van der Waals surface area contributed by atoms with Crippen LogP contribution in [0.15, 0.2) is 22.7 Å². The van der Waals surface area contributed by atoms with Crippen molar-refractivity contribution in [3.63, 3.8) is 0 Å². The highest BCUT2D eigenvalue weighted by molar-refractivity contribution is 9.10. The number of ether oxygens (including phenoxy) is 1. The zero-order chi connectivity index (χ0) is 15.8. The number of halogens is 1. The predicted octanol–water partition coefficient (Wildman–Crippen LogP) is 5.18. The second-order valence-corrected chi connectivity index (χ2v) is 7.99. The topological polar surface area (TPSA) is 21.3 Å². The molecule has 0 aromatic heterocycles. The van der Waals surface area contributed by atoms with Crippen molar-refractivity contribution in [3.8, 4) is 5.75 Å². The van der Waals surface area contributed by atoms with Gasteiger partial charge in [0, 0.05) is 16.1 Å². The van der Waals surface area contributed by atoms with Crippen molar-refractivity contribution in [1.82, 2.24) is 5.32 Å². The predicted molar refractivity (Wildman–Crippen MR) is 92.8 cm³/mol. The zero-order valence-electron chi connectivity index (χ0n) is 14.1. The molecule has 1 unspecified atom stereocenters. The van der Waals surface area contributed by atoms with Crippen LogP contribution in [0.2, 0.25) is 0 Å². The highest BCUT2D eigenvalue weighted by Crippen LogP contribution is 2.72. The Labute approximate surface area is 137 Å². The van der Waals surface area contributed by atoms with E-state index in [2.05, 4.69) is 74.1 Å². The van der Waals surface area contributed by atoms with E-state index in [1.54, 1.807) is 0 Å². The lowest BCUT2D eigenvalue weighted by Gasteiger charge is -2.24. The van der Waals surface area contributed by atoms with E-state index < -0.39 is 0 Å². The minimum atomic E-state index is 0.332. The summed E-state index contributed by atoms with van der Waals surface area (Å²) in [7, 11) is 0. The van der Waals surface area contributed by atoms with Gasteiger partial charge >= 0.3 is 0 Å². The van der Waals surface area contributed by atoms with E-state index in [0.29, 0.717) is 29.4 Å². The van der Waals surface area contributed by atoms with Gasteiger partial charge in [-0.15, -0.1) is 0 Å². The smallest absolute Gasteiger partial charge is 0.124 e. The van der Waals surface area contributed by atoms with E-state index in [0.717, 1.165) is 16.8 Å². The highest BCUT2D eigenvalue weighted by atomic mass is 79.9. The molecule has 2 rings (SSSR count). The number of nitrogens with one attached hydrogen (secondary N) is 1. The Hall–Kier alpha value is -0.540. The molecule has 1 N–H and O–H groups in total. The Morgan fingerprint density at radius 3 is 2.29 bits per heavy atom. The summed E-state index contributed by atoms with van der Waals surface area (Å²) in [5, 5.41) is 3.70. The first-order valence-corrected chi connectivity index (χ1v) is 8.72. The van der Waals surface area contributed by atoms with Crippen molar-refractivity contribution >= 4 is 15.9 Å². The van der Waals surface area contributed by atoms with Gasteiger partial charge in [0.25, 0.3) is 0 Å². The van der Waals surface area contributed by atoms with Crippen LogP contribution in [0.4, 0.5) is 0 Å². The molecule has 0 aliphatic heterocycles. The van der Waals surface area contributed by atoms with Gasteiger partial charge in [-0.1, -0.05) is 50.5 Å². The SMILES string of the molecule is CCNC(c1cc(Br)ccc1OCC)C1C(C)(C)C1(C)C. The molecule has 1 fully saturated rings. The van der Waals surface area contributed by atoms with Crippen LogP contribution in [-0.4, -0.2) is 13.2 Å². The third-order valence-corrected chi connectivity index (χ3v) is 5.99. The molecule has 1 aromatic rings. The van der Waals surface area contributed by atoms with E-state index in [9.17, 15) is 0 Å². The first-order valence-electron chi connectivity index (χ1n) is 7.93. The maximum absolute atomic E-state index is 5.87. The summed E-state index contributed by atoms with van der Waals surface area (Å²) in [6.45, 7) is 15.4. The van der Waals surface area contributed by atoms with Gasteiger partial charge in [0.2, 0.25) is 0 Å². The van der Waals surface area contributed by atoms with E-state index in [1.165, 1.54) is 5.56 Å². The normalized spacial score (nSPS) is 21.1. The molecule has 118 valence electrons. The number of benzene rings is 1. The van der Waals surface area contributed by atoms with Crippen LogP contribution >= 0.6 is 15.9 Å². The van der Waals surface area contributed by atoms with Gasteiger partial charge in [0.15, 0.2) is 0 Å². The fourth-order valence-corrected chi connectivity index (χ4v) is 4.14. The average molecular weight is 354 g/mol. The van der Waals surface area contributed by atoms with Crippen molar-refractivity contribution in [1.29, 1.82) is 0 Å². The molecule has 21 heavy (non-hydrogen) atoms. The van der Waals surface area contributed by atoms with Gasteiger partial charge < -0.3 is 10.1 Å². The standard InChI is InChI=1S/C18H28BrNO/c1-7-20-15(16-17(3,4)18(16,5)6)13-11-12(19)9-10-14(13)21-8-2/h9-11,15-16,20H,7-8H2,1-6H3. The molecule has 0 amide bonds. The lowest BCUT2D eigenvalue weighted by molar-refractivity contribution is 0.323. The van der Waals surface area contributed by atoms with Gasteiger partial charge in [-0.25, -0.2) is 0 Å². The van der Waals surface area contributed by atoms with Crippen LogP contribution in [0.1, 0.15) is 53.1 Å². The van der Waals surface area contributed by atoms with Gasteiger partial charge in [0.05, 0.1) is 6.61 Å². The Morgan fingerprint density at radius 2 is 1.81 bits per heavy atom. The molecule has 1 aliphatic rings. The van der Waals surface area contributed by atoms with E-state index in [4.69, 9.17) is 4.74 Å². The van der Waals surface area contributed by atoms with Gasteiger partial charge in [0.1, 0.15) is 5.75 Å². The first-order chi connectivity index (χ1) is 9.77. The molecule has 1 aliphatic carbocycles. The summed E-state index contributed by atoms with van der Waals surface area (Å²) >= 11 is 3.61. The Morgan fingerprint density at radius 1 is 1.19 bits per heavy atom. The Balaban J connectivity index is 2.42. The van der Waals surface area contributed by atoms with Crippen molar-refractivity contribution in [2.45, 2.75) is 47.6 Å². The second-order valence-electron chi connectivity index (χ2n) is 7.07. The summed E-state index contributed by atoms with van der Waals surface area (Å²) < 4.78 is 6.98. The molecule has 0 heterocycles. The van der Waals surface area contributed by atoms with Crippen molar-refractivity contribution in [2.75, 3.05) is 13.2 Å². The Kier molecular flexibility index (Phi) is 4.75. The van der Waals surface area contributed by atoms with E-state index >= 15 is 0 Å². The minimum Gasteiger partial charge on any atom is -0.494 e. The van der Waals surface area contributed by atoms with E-state index in [1.807, 2.05) is 6.92 Å². The fourth-order valence-electron chi connectivity index (χ4n) is 3.76. The molecular formula is C18H28BrNO. The second kappa shape index (κ2) is 5.92. The average Bonchev–Trinajstić information content (AvgIpc) is 2.80. The molecule has 1 aromatic carbocycles. The van der Waals surface area contributed by atoms with Crippen LogP contribution < -0.4 is 10.1 Å². The van der Waals surface area contributed by atoms with Crippen LogP contribution in [0.3, 0.4) is 0 Å². The third kappa shape index (κ3) is 2.87. The number of hydrogen-bond donors (Lipinski definition) is 1. The molecule has 1 atom stereocenters. The zero-order valence-corrected chi connectivity index (χ0v) is 15.7. The molecule has 1 saturated carbocycles. The molecule has 0 radical (unpaired) electrons. The van der Waals surface area contributed by atoms with Crippen molar-refractivity contribution in [3.05, 3.63) is 28.2 Å². The number of hydrogen-bond acceptors (Lipinski definition) is 2. The van der Waals surface area contributed by atoms with Crippen LogP contribution in [0.25, 0.3) is 0 Å². The quantitative estimate of drug-likeness (QED) is 0.760. The maximum Gasteiger partial charge on any atom is 0.124 e. The summed E-state index contributed by atoms with van der Waals surface area (Å²) in [6.07, 6.45) is 0. The summed E-state index contributed by atoms with van der Waals surface area (Å²) in [5.74, 6) is 1.61. The molecule has 0 spiro atoms. The molecule has 0 bridgehead atoms.